The van der Waals surface area contributed by atoms with Crippen molar-refractivity contribution in [3.05, 3.63) is 67.4 Å². The number of benzene rings is 1. The third-order valence-corrected chi connectivity index (χ3v) is 5.70. The highest BCUT2D eigenvalue weighted by molar-refractivity contribution is 7.95. The molecule has 0 bridgehead atoms. The molecule has 1 aromatic heterocycles. The first-order valence-electron chi connectivity index (χ1n) is 6.78. The molecule has 11 heteroatoms. The van der Waals surface area contributed by atoms with E-state index >= 15 is 0 Å². The smallest absolute Gasteiger partial charge is 0.258 e. The quantitative estimate of drug-likeness (QED) is 0.425. The molecular weight excluding hydrogens is 393 g/mol. The van der Waals surface area contributed by atoms with Gasteiger partial charge >= 0.3 is 11.2 Å². The summed E-state index contributed by atoms with van der Waals surface area (Å²) in [5, 5.41) is 19.5. The predicted molar refractivity (Wildman–Crippen MR) is 88.6 cm³/mol. The number of nitrogens with zero attached hydrogens (tertiary/aromatic N) is 2. The number of halogens is 3. The minimum Gasteiger partial charge on any atom is -0.258 e. The summed E-state index contributed by atoms with van der Waals surface area (Å²) in [6.07, 6.45) is -3.66. The molecule has 1 heterocycles. The lowest BCUT2D eigenvalue weighted by molar-refractivity contribution is -0.380. The second-order valence-electron chi connectivity index (χ2n) is 5.01. The average Bonchev–Trinajstić information content (AvgIpc) is 3.00. The van der Waals surface area contributed by atoms with Gasteiger partial charge in [0.05, 0.1) is 16.2 Å². The van der Waals surface area contributed by atoms with E-state index in [1.807, 2.05) is 0 Å². The molecule has 6 nitrogen and oxygen atoms in total. The van der Waals surface area contributed by atoms with Crippen LogP contribution in [-0.2, 0) is 21.8 Å². The molecule has 0 aliphatic heterocycles. The maximum Gasteiger partial charge on any atom is 0.416 e. The highest BCUT2D eigenvalue weighted by Crippen LogP contribution is 2.31. The predicted octanol–water partition coefficient (Wildman–Crippen LogP) is 4.15. The van der Waals surface area contributed by atoms with Crippen LogP contribution in [0.5, 0.6) is 0 Å². The van der Waals surface area contributed by atoms with Gasteiger partial charge in [-0.1, -0.05) is 29.5 Å². The van der Waals surface area contributed by atoms with Crippen molar-refractivity contribution in [2.24, 2.45) is 0 Å². The van der Waals surface area contributed by atoms with Crippen LogP contribution in [0.25, 0.3) is 6.08 Å². The molecule has 0 saturated carbocycles. The van der Waals surface area contributed by atoms with Gasteiger partial charge in [0, 0.05) is 10.9 Å². The SMILES string of the molecule is N#C/C(=C\c1ccc([N+](=O)[O-])s1)S(=O)(=O)Cc1cccc(C(F)(F)F)c1. The van der Waals surface area contributed by atoms with Gasteiger partial charge in [0.15, 0.2) is 9.84 Å². The van der Waals surface area contributed by atoms with Crippen LogP contribution in [-0.4, -0.2) is 13.3 Å². The molecule has 136 valence electrons. The van der Waals surface area contributed by atoms with E-state index in [4.69, 9.17) is 5.26 Å². The van der Waals surface area contributed by atoms with Crippen LogP contribution in [0.15, 0.2) is 41.3 Å². The number of allylic oxidation sites excluding steroid dienone is 1. The van der Waals surface area contributed by atoms with Crippen LogP contribution in [0.4, 0.5) is 18.2 Å². The van der Waals surface area contributed by atoms with Gasteiger partial charge in [0.25, 0.3) is 0 Å². The van der Waals surface area contributed by atoms with Gasteiger partial charge in [0.1, 0.15) is 11.0 Å². The number of rotatable bonds is 5. The molecule has 1 aromatic carbocycles. The van der Waals surface area contributed by atoms with E-state index in [0.29, 0.717) is 17.4 Å². The van der Waals surface area contributed by atoms with Crippen LogP contribution >= 0.6 is 11.3 Å². The number of thiophene rings is 1. The largest absolute Gasteiger partial charge is 0.416 e. The van der Waals surface area contributed by atoms with E-state index in [2.05, 4.69) is 0 Å². The van der Waals surface area contributed by atoms with Gasteiger partial charge in [-0.3, -0.25) is 10.1 Å². The molecule has 0 amide bonds. The zero-order valence-electron chi connectivity index (χ0n) is 12.7. The van der Waals surface area contributed by atoms with Gasteiger partial charge in [-0.2, -0.15) is 18.4 Å². The summed E-state index contributed by atoms with van der Waals surface area (Å²) < 4.78 is 62.8. The summed E-state index contributed by atoms with van der Waals surface area (Å²) >= 11 is 0.673. The molecule has 0 unspecified atom stereocenters. The summed E-state index contributed by atoms with van der Waals surface area (Å²) in [5.74, 6) is -0.802. The lowest BCUT2D eigenvalue weighted by Crippen LogP contribution is -2.09. The summed E-state index contributed by atoms with van der Waals surface area (Å²) in [5.41, 5.74) is -1.13. The fourth-order valence-corrected chi connectivity index (χ4v) is 4.03. The lowest BCUT2D eigenvalue weighted by atomic mass is 10.1. The highest BCUT2D eigenvalue weighted by Gasteiger charge is 2.31. The second kappa shape index (κ2) is 7.27. The number of nitriles is 1. The maximum atomic E-state index is 12.7. The Kier molecular flexibility index (Phi) is 5.48. The van der Waals surface area contributed by atoms with Crippen molar-refractivity contribution >= 4 is 32.3 Å². The molecular formula is C15H9F3N2O4S2. The van der Waals surface area contributed by atoms with E-state index in [1.165, 1.54) is 18.2 Å². The molecule has 0 fully saturated rings. The third kappa shape index (κ3) is 4.68. The molecule has 0 radical (unpaired) electrons. The normalized spacial score (nSPS) is 12.6. The first-order chi connectivity index (χ1) is 12.0. The second-order valence-corrected chi connectivity index (χ2v) is 8.06. The molecule has 2 aromatic rings. The fraction of sp³-hybridized carbons (Fsp3) is 0.133. The van der Waals surface area contributed by atoms with Crippen LogP contribution < -0.4 is 0 Å². The first-order valence-corrected chi connectivity index (χ1v) is 9.25. The van der Waals surface area contributed by atoms with Crippen LogP contribution in [0.1, 0.15) is 16.0 Å². The van der Waals surface area contributed by atoms with Crippen molar-refractivity contribution in [2.75, 3.05) is 0 Å². The number of sulfone groups is 1. The molecule has 0 spiro atoms. The van der Waals surface area contributed by atoms with Gasteiger partial charge in [-0.05, 0) is 23.8 Å². The standard InChI is InChI=1S/C15H9F3N2O4S2/c16-15(17,18)11-3-1-2-10(6-11)9-26(23,24)13(8-19)7-12-4-5-14(25-12)20(21)22/h1-7H,9H2/b13-7+. The van der Waals surface area contributed by atoms with Crippen molar-refractivity contribution in [2.45, 2.75) is 11.9 Å². The Morgan fingerprint density at radius 2 is 2.00 bits per heavy atom. The third-order valence-electron chi connectivity index (χ3n) is 3.12. The molecule has 0 atom stereocenters. The summed E-state index contributed by atoms with van der Waals surface area (Å²) in [6, 6.07) is 7.70. The summed E-state index contributed by atoms with van der Waals surface area (Å²) in [7, 11) is -4.23. The number of hydrogen-bond donors (Lipinski definition) is 0. The molecule has 26 heavy (non-hydrogen) atoms. The van der Waals surface area contributed by atoms with E-state index in [0.717, 1.165) is 24.3 Å². The van der Waals surface area contributed by atoms with E-state index in [-0.39, 0.29) is 15.4 Å². The van der Waals surface area contributed by atoms with Crippen LogP contribution in [0, 0.1) is 21.4 Å². The van der Waals surface area contributed by atoms with Crippen molar-refractivity contribution in [3.8, 4) is 6.07 Å². The van der Waals surface area contributed by atoms with Crippen molar-refractivity contribution < 1.29 is 26.5 Å². The van der Waals surface area contributed by atoms with Crippen molar-refractivity contribution in [3.63, 3.8) is 0 Å². The fourth-order valence-electron chi connectivity index (χ4n) is 1.97. The summed E-state index contributed by atoms with van der Waals surface area (Å²) in [4.78, 5) is 9.46. The monoisotopic (exact) mass is 402 g/mol. The topological polar surface area (TPSA) is 101 Å². The Morgan fingerprint density at radius 1 is 1.31 bits per heavy atom. The number of nitro groups is 1. The minimum absolute atomic E-state index is 0.127. The Labute approximate surface area is 149 Å². The van der Waals surface area contributed by atoms with Crippen LogP contribution in [0.2, 0.25) is 0 Å². The molecule has 0 saturated heterocycles. The van der Waals surface area contributed by atoms with Gasteiger partial charge in [-0.15, -0.1) is 0 Å². The van der Waals surface area contributed by atoms with Crippen molar-refractivity contribution in [1.82, 2.24) is 0 Å². The zero-order valence-corrected chi connectivity index (χ0v) is 14.4. The van der Waals surface area contributed by atoms with Gasteiger partial charge in [-0.25, -0.2) is 8.42 Å². The lowest BCUT2D eigenvalue weighted by Gasteiger charge is -2.09. The Morgan fingerprint density at radius 3 is 2.54 bits per heavy atom. The van der Waals surface area contributed by atoms with E-state index < -0.39 is 37.2 Å². The minimum atomic E-state index is -4.62. The highest BCUT2D eigenvalue weighted by atomic mass is 32.2. The Hall–Kier alpha value is -2.71. The zero-order chi connectivity index (χ0) is 19.5. The first kappa shape index (κ1) is 19.6. The Bertz CT molecular complexity index is 1020. The Balaban J connectivity index is 2.34. The number of alkyl halides is 3. The van der Waals surface area contributed by atoms with E-state index in [9.17, 15) is 31.7 Å². The van der Waals surface area contributed by atoms with Crippen LogP contribution in [0.3, 0.4) is 0 Å². The van der Waals surface area contributed by atoms with E-state index in [1.54, 1.807) is 0 Å². The van der Waals surface area contributed by atoms with Crippen molar-refractivity contribution in [1.29, 1.82) is 5.26 Å². The summed E-state index contributed by atoms with van der Waals surface area (Å²) in [6.45, 7) is 0. The van der Waals surface area contributed by atoms with Gasteiger partial charge in [0.2, 0.25) is 0 Å². The molecule has 0 N–H and O–H groups in total. The maximum absolute atomic E-state index is 12.7. The molecule has 0 aliphatic rings. The van der Waals surface area contributed by atoms with Gasteiger partial charge < -0.3 is 0 Å². The molecule has 2 rings (SSSR count). The average molecular weight is 402 g/mol. The number of hydrogen-bond acceptors (Lipinski definition) is 6. The molecule has 0 aliphatic carbocycles.